The SMILES string of the molecule is C=C(C)Oc1cc(OC)cc(C(=O)CC2COC(=O)C[C@H](N)c3cc(O)c(c(Cl)c3)O[C@H](C)C3(O[C@@H]4CC(C)(C)[C@@H](N(C)C)[C@@H](O)[C@H]4O)CCCC3C#CC2CC)c1NC=O. The first-order valence-corrected chi connectivity index (χ1v) is 21.2. The second kappa shape index (κ2) is 19.8. The number of ketones is 1. The third kappa shape index (κ3) is 10.5. The number of benzene rings is 2. The van der Waals surface area contributed by atoms with Gasteiger partial charge < -0.3 is 55.0 Å². The number of methoxy groups -OCH3 is 1. The molecule has 0 aromatic heterocycles. The number of halogens is 1. The number of Topliss-reactive ketones (excluding diaryl/α,β-unsaturated/α-hetero) is 1. The van der Waals surface area contributed by atoms with Gasteiger partial charge in [-0.3, -0.25) is 14.4 Å². The van der Waals surface area contributed by atoms with Crippen molar-refractivity contribution >= 4 is 35.5 Å². The predicted molar refractivity (Wildman–Crippen MR) is 231 cm³/mol. The Balaban J connectivity index is 1.61. The zero-order chi connectivity index (χ0) is 45.0. The van der Waals surface area contributed by atoms with Crippen molar-refractivity contribution in [2.45, 2.75) is 122 Å². The Hall–Kier alpha value is -4.36. The molecule has 334 valence electrons. The van der Waals surface area contributed by atoms with Gasteiger partial charge >= 0.3 is 5.97 Å². The summed E-state index contributed by atoms with van der Waals surface area (Å²) >= 11 is 6.76. The number of aliphatic hydroxyl groups is 2. The third-order valence-electron chi connectivity index (χ3n) is 12.5. The summed E-state index contributed by atoms with van der Waals surface area (Å²) in [5.41, 5.74) is 5.45. The summed E-state index contributed by atoms with van der Waals surface area (Å²) < 4.78 is 30.7. The minimum atomic E-state index is -1.23. The molecule has 1 amide bonds. The Kier molecular flexibility index (Phi) is 15.5. The lowest BCUT2D eigenvalue weighted by Gasteiger charge is -2.52. The van der Waals surface area contributed by atoms with Gasteiger partial charge in [0.25, 0.3) is 0 Å². The number of ether oxygens (including phenoxy) is 5. The van der Waals surface area contributed by atoms with Gasteiger partial charge in [0.2, 0.25) is 6.41 Å². The highest BCUT2D eigenvalue weighted by atomic mass is 35.5. The van der Waals surface area contributed by atoms with Crippen LogP contribution in [0.5, 0.6) is 23.0 Å². The summed E-state index contributed by atoms with van der Waals surface area (Å²) in [5.74, 6) is 4.79. The molecule has 6 N–H and O–H groups in total. The molecule has 6 rings (SSSR count). The molecule has 2 fully saturated rings. The summed E-state index contributed by atoms with van der Waals surface area (Å²) in [6, 6.07) is 4.71. The minimum Gasteiger partial charge on any atom is -0.504 e. The number of anilines is 1. The largest absolute Gasteiger partial charge is 0.504 e. The van der Waals surface area contributed by atoms with E-state index in [-0.39, 0.29) is 59.0 Å². The molecule has 2 aliphatic carbocycles. The van der Waals surface area contributed by atoms with E-state index < -0.39 is 71.0 Å². The topological polar surface area (TPSA) is 199 Å². The standard InChI is InChI=1S/C46H62ClN3O11/c1-10-27-13-14-30-12-11-15-46(30,61-38-22-45(5,6)44(50(7)8)42(56)41(38)55)26(4)60-43-33(47)16-28(17-36(43)53)34(48)21-39(54)58-23-29(27)18-35(52)32-19-31(57-9)20-37(59-25(2)3)40(32)49-24-51/h16-17,19-20,24,26-27,29-30,34,38,41-42,44,53,55-56H,2,10-12,15,18,21-23,48H2,1,3-9H3,(H,49,51)/t26-,27?,29?,30?,34+,38-,41+,42+,44+,46?/m1/s1. The van der Waals surface area contributed by atoms with Crippen LogP contribution in [0, 0.1) is 35.0 Å². The Morgan fingerprint density at radius 2 is 1.90 bits per heavy atom. The number of carbonyl (C=O) groups is 3. The molecule has 2 aliphatic heterocycles. The second-order valence-corrected chi connectivity index (χ2v) is 18.0. The number of fused-ring (bicyclic) bond motifs is 10. The molecule has 10 atom stereocenters. The van der Waals surface area contributed by atoms with Gasteiger partial charge in [0.15, 0.2) is 23.0 Å². The van der Waals surface area contributed by atoms with E-state index in [0.29, 0.717) is 55.6 Å². The van der Waals surface area contributed by atoms with Crippen LogP contribution in [0.15, 0.2) is 36.6 Å². The van der Waals surface area contributed by atoms with Crippen LogP contribution in [0.2, 0.25) is 5.02 Å². The Morgan fingerprint density at radius 3 is 2.52 bits per heavy atom. The molecule has 61 heavy (non-hydrogen) atoms. The number of nitrogens with two attached hydrogens (primary N) is 1. The molecule has 0 radical (unpaired) electrons. The number of hydrogen-bond donors (Lipinski definition) is 5. The first-order chi connectivity index (χ1) is 28.8. The lowest BCUT2D eigenvalue weighted by Crippen LogP contribution is -2.64. The summed E-state index contributed by atoms with van der Waals surface area (Å²) in [7, 11) is 5.19. The van der Waals surface area contributed by atoms with Crippen molar-refractivity contribution in [3.8, 4) is 34.8 Å². The number of phenols is 1. The molecule has 2 saturated carbocycles. The highest BCUT2D eigenvalue weighted by Crippen LogP contribution is 2.49. The maximum Gasteiger partial charge on any atom is 0.307 e. The zero-order valence-corrected chi connectivity index (χ0v) is 37.2. The van der Waals surface area contributed by atoms with Gasteiger partial charge in [-0.25, -0.2) is 0 Å². The van der Waals surface area contributed by atoms with Crippen molar-refractivity contribution in [3.05, 3.63) is 52.8 Å². The van der Waals surface area contributed by atoms with E-state index in [1.54, 1.807) is 6.92 Å². The average molecular weight is 868 g/mol. The molecule has 2 aromatic rings. The van der Waals surface area contributed by atoms with Crippen LogP contribution in [0.1, 0.15) is 102 Å². The van der Waals surface area contributed by atoms with Gasteiger partial charge in [0.1, 0.15) is 23.6 Å². The lowest BCUT2D eigenvalue weighted by molar-refractivity contribution is -0.231. The smallest absolute Gasteiger partial charge is 0.307 e. The van der Waals surface area contributed by atoms with Crippen molar-refractivity contribution in [3.63, 3.8) is 0 Å². The molecule has 4 unspecified atom stereocenters. The van der Waals surface area contributed by atoms with Gasteiger partial charge in [-0.2, -0.15) is 0 Å². The summed E-state index contributed by atoms with van der Waals surface area (Å²) in [6.45, 7) is 13.1. The number of nitrogens with one attached hydrogen (secondary N) is 1. The molecule has 4 aliphatic rings. The minimum absolute atomic E-state index is 0.00127. The third-order valence-corrected chi connectivity index (χ3v) is 12.7. The van der Waals surface area contributed by atoms with Gasteiger partial charge in [-0.1, -0.05) is 50.8 Å². The normalized spacial score (nSPS) is 30.2. The number of amides is 1. The average Bonchev–Trinajstić information content (AvgIpc) is 3.59. The highest BCUT2D eigenvalue weighted by molar-refractivity contribution is 6.32. The fourth-order valence-corrected chi connectivity index (χ4v) is 9.81. The number of aliphatic hydroxyl groups excluding tert-OH is 2. The number of hydrogen-bond acceptors (Lipinski definition) is 13. The number of carbonyl (C=O) groups excluding carboxylic acids is 3. The van der Waals surface area contributed by atoms with E-state index >= 15 is 0 Å². The molecule has 0 saturated heterocycles. The maximum atomic E-state index is 14.4. The Labute approximate surface area is 364 Å². The second-order valence-electron chi connectivity index (χ2n) is 17.5. The van der Waals surface area contributed by atoms with Gasteiger partial charge in [0, 0.05) is 42.0 Å². The summed E-state index contributed by atoms with van der Waals surface area (Å²) in [6.07, 6.45) is -1.29. The number of nitrogens with zero attached hydrogens (tertiary/aromatic N) is 1. The number of aromatic hydroxyl groups is 1. The van der Waals surface area contributed by atoms with Crippen LogP contribution in [0.25, 0.3) is 0 Å². The fourth-order valence-electron chi connectivity index (χ4n) is 9.54. The van der Waals surface area contributed by atoms with Crippen LogP contribution >= 0.6 is 11.6 Å². The van der Waals surface area contributed by atoms with Crippen LogP contribution in [0.4, 0.5) is 5.69 Å². The van der Waals surface area contributed by atoms with Crippen molar-refractivity contribution < 1.29 is 53.4 Å². The quantitative estimate of drug-likeness (QED) is 0.0534. The molecule has 14 nitrogen and oxygen atoms in total. The van der Waals surface area contributed by atoms with E-state index in [0.717, 1.165) is 0 Å². The molecular formula is C46H62ClN3O11. The van der Waals surface area contributed by atoms with Crippen molar-refractivity contribution in [1.29, 1.82) is 0 Å². The van der Waals surface area contributed by atoms with Crippen molar-refractivity contribution in [2.24, 2.45) is 28.9 Å². The van der Waals surface area contributed by atoms with Gasteiger partial charge in [-0.05, 0) is 89.2 Å². The van der Waals surface area contributed by atoms with Crippen LogP contribution < -0.4 is 25.3 Å². The van der Waals surface area contributed by atoms with E-state index in [1.165, 1.54) is 31.4 Å². The first-order valence-electron chi connectivity index (χ1n) is 20.9. The molecule has 2 heterocycles. The number of allylic oxidation sites excluding steroid dienone is 1. The highest BCUT2D eigenvalue weighted by Gasteiger charge is 2.56. The van der Waals surface area contributed by atoms with Crippen LogP contribution in [0.3, 0.4) is 0 Å². The molecule has 2 aromatic carbocycles. The number of rotatable bonds is 12. The van der Waals surface area contributed by atoms with Gasteiger partial charge in [0.05, 0.1) is 54.7 Å². The van der Waals surface area contributed by atoms with Crippen LogP contribution in [-0.2, 0) is 19.1 Å². The van der Waals surface area contributed by atoms with Gasteiger partial charge in [-0.15, -0.1) is 0 Å². The Bertz CT molecular complexity index is 1990. The van der Waals surface area contributed by atoms with E-state index in [4.69, 9.17) is 41.0 Å². The lowest BCUT2D eigenvalue weighted by atomic mass is 9.68. The fraction of sp³-hybridized carbons (Fsp3) is 0.587. The molecule has 0 spiro atoms. The van der Waals surface area contributed by atoms with Crippen LogP contribution in [-0.4, -0.2) is 102 Å². The van der Waals surface area contributed by atoms with Crippen molar-refractivity contribution in [2.75, 3.05) is 33.1 Å². The van der Waals surface area contributed by atoms with E-state index in [1.807, 2.05) is 46.7 Å². The summed E-state index contributed by atoms with van der Waals surface area (Å²) in [4.78, 5) is 41.5. The molecule has 2 bridgehead atoms. The number of phenolic OH excluding ortho intramolecular Hbond substituents is 1. The first kappa shape index (κ1) is 47.7. The molecular weight excluding hydrogens is 806 g/mol. The summed E-state index contributed by atoms with van der Waals surface area (Å²) in [5, 5.41) is 37.1. The monoisotopic (exact) mass is 867 g/mol. The number of esters is 1. The number of likely N-dealkylation sites (N-methyl/N-ethyl adjacent to an activating group) is 1. The molecule has 15 heteroatoms. The van der Waals surface area contributed by atoms with E-state index in [9.17, 15) is 29.7 Å². The van der Waals surface area contributed by atoms with E-state index in [2.05, 4.69) is 23.7 Å². The van der Waals surface area contributed by atoms with Crippen molar-refractivity contribution in [1.82, 2.24) is 4.90 Å². The predicted octanol–water partition coefficient (Wildman–Crippen LogP) is 6.17. The Morgan fingerprint density at radius 1 is 1.18 bits per heavy atom. The zero-order valence-electron chi connectivity index (χ0n) is 36.5. The maximum absolute atomic E-state index is 14.4.